The lowest BCUT2D eigenvalue weighted by atomic mass is 10.2. The molecule has 1 aromatic heterocycles. The highest BCUT2D eigenvalue weighted by atomic mass is 35.5. The second kappa shape index (κ2) is 6.22. The summed E-state index contributed by atoms with van der Waals surface area (Å²) >= 11 is 6.31. The van der Waals surface area contributed by atoms with Crippen molar-refractivity contribution in [3.8, 4) is 5.69 Å². The van der Waals surface area contributed by atoms with Crippen LogP contribution < -0.4 is 5.32 Å². The minimum Gasteiger partial charge on any atom is -0.316 e. The van der Waals surface area contributed by atoms with Crippen LogP contribution in [0, 0.1) is 0 Å². The summed E-state index contributed by atoms with van der Waals surface area (Å²) in [4.78, 5) is 0. The van der Waals surface area contributed by atoms with Gasteiger partial charge in [0, 0.05) is 17.3 Å². The van der Waals surface area contributed by atoms with Crippen LogP contribution in [0.15, 0.2) is 24.3 Å². The summed E-state index contributed by atoms with van der Waals surface area (Å²) in [6, 6.07) is 8.28. The van der Waals surface area contributed by atoms with Gasteiger partial charge in [-0.1, -0.05) is 31.5 Å². The van der Waals surface area contributed by atoms with Crippen LogP contribution in [0.5, 0.6) is 0 Å². The fraction of sp³-hybridized carbons (Fsp3) is 0.400. The molecule has 1 heterocycles. The van der Waals surface area contributed by atoms with Gasteiger partial charge in [0.25, 0.3) is 0 Å². The van der Waals surface area contributed by atoms with Crippen LogP contribution in [0.4, 0.5) is 0 Å². The smallest absolute Gasteiger partial charge is 0.0663 e. The molecule has 0 spiro atoms. The highest BCUT2D eigenvalue weighted by Crippen LogP contribution is 2.22. The van der Waals surface area contributed by atoms with Crippen molar-refractivity contribution in [3.63, 3.8) is 0 Å². The molecule has 3 nitrogen and oxygen atoms in total. The van der Waals surface area contributed by atoms with Gasteiger partial charge in [-0.25, -0.2) is 4.68 Å². The molecule has 19 heavy (non-hydrogen) atoms. The maximum atomic E-state index is 6.31. The lowest BCUT2D eigenvalue weighted by molar-refractivity contribution is 0.789. The fourth-order valence-electron chi connectivity index (χ4n) is 2.12. The molecule has 102 valence electrons. The number of nitrogens with zero attached hydrogens (tertiary/aromatic N) is 2. The quantitative estimate of drug-likeness (QED) is 0.908. The predicted molar refractivity (Wildman–Crippen MR) is 80.1 cm³/mol. The molecule has 0 fully saturated rings. The molecular formula is C15H20ClN3. The van der Waals surface area contributed by atoms with Crippen molar-refractivity contribution in [2.45, 2.75) is 33.2 Å². The van der Waals surface area contributed by atoms with E-state index >= 15 is 0 Å². The Morgan fingerprint density at radius 2 is 2.00 bits per heavy atom. The maximum absolute atomic E-state index is 6.31. The second-order valence-electron chi connectivity index (χ2n) is 4.55. The van der Waals surface area contributed by atoms with E-state index in [1.807, 2.05) is 17.8 Å². The van der Waals surface area contributed by atoms with Crippen LogP contribution in [0.3, 0.4) is 0 Å². The number of hydrogen-bond acceptors (Lipinski definition) is 2. The molecule has 1 N–H and O–H groups in total. The van der Waals surface area contributed by atoms with Crippen molar-refractivity contribution >= 4 is 11.6 Å². The van der Waals surface area contributed by atoms with E-state index in [0.717, 1.165) is 41.4 Å². The first-order chi connectivity index (χ1) is 9.19. The van der Waals surface area contributed by atoms with Crippen LogP contribution in [0.1, 0.15) is 30.8 Å². The number of aromatic nitrogens is 2. The Hall–Kier alpha value is -1.32. The van der Waals surface area contributed by atoms with Gasteiger partial charge < -0.3 is 5.32 Å². The van der Waals surface area contributed by atoms with Crippen LogP contribution in [0.25, 0.3) is 5.69 Å². The topological polar surface area (TPSA) is 29.9 Å². The Labute approximate surface area is 119 Å². The zero-order valence-electron chi connectivity index (χ0n) is 11.7. The van der Waals surface area contributed by atoms with Crippen molar-refractivity contribution in [1.82, 2.24) is 15.1 Å². The normalized spacial score (nSPS) is 10.9. The lowest BCUT2D eigenvalue weighted by Crippen LogP contribution is -2.07. The van der Waals surface area contributed by atoms with Gasteiger partial charge in [-0.3, -0.25) is 0 Å². The molecule has 1 aromatic carbocycles. The SMILES string of the molecule is CCc1cc(CC)n(-c2ccc(CNC)c(Cl)c2)n1. The summed E-state index contributed by atoms with van der Waals surface area (Å²) in [6.07, 6.45) is 1.91. The molecule has 0 radical (unpaired) electrons. The monoisotopic (exact) mass is 277 g/mol. The second-order valence-corrected chi connectivity index (χ2v) is 4.96. The van der Waals surface area contributed by atoms with Crippen LogP contribution in [-0.4, -0.2) is 16.8 Å². The first kappa shape index (κ1) is 14.1. The molecule has 0 saturated heterocycles. The van der Waals surface area contributed by atoms with E-state index in [9.17, 15) is 0 Å². The zero-order chi connectivity index (χ0) is 13.8. The number of hydrogen-bond donors (Lipinski definition) is 1. The van der Waals surface area contributed by atoms with Crippen molar-refractivity contribution in [2.75, 3.05) is 7.05 Å². The molecule has 4 heteroatoms. The summed E-state index contributed by atoms with van der Waals surface area (Å²) in [6.45, 7) is 5.04. The molecule has 0 amide bonds. The van der Waals surface area contributed by atoms with Crippen LogP contribution in [-0.2, 0) is 19.4 Å². The Bertz CT molecular complexity index is 561. The van der Waals surface area contributed by atoms with Crippen molar-refractivity contribution in [2.24, 2.45) is 0 Å². The number of benzene rings is 1. The standard InChI is InChI=1S/C15H20ClN3/c1-4-12-8-13(5-2)19(18-12)14-7-6-11(10-17-3)15(16)9-14/h6-9,17H,4-5,10H2,1-3H3. The van der Waals surface area contributed by atoms with E-state index in [2.05, 4.69) is 42.5 Å². The molecule has 0 aliphatic rings. The summed E-state index contributed by atoms with van der Waals surface area (Å²) in [5, 5.41) is 8.52. The molecule has 0 saturated carbocycles. The summed E-state index contributed by atoms with van der Waals surface area (Å²) in [7, 11) is 1.92. The van der Waals surface area contributed by atoms with E-state index in [0.29, 0.717) is 0 Å². The largest absolute Gasteiger partial charge is 0.316 e. The fourth-order valence-corrected chi connectivity index (χ4v) is 2.37. The average molecular weight is 278 g/mol. The van der Waals surface area contributed by atoms with E-state index < -0.39 is 0 Å². The molecule has 2 aromatic rings. The minimum absolute atomic E-state index is 0.777. The lowest BCUT2D eigenvalue weighted by Gasteiger charge is -2.09. The van der Waals surface area contributed by atoms with Crippen molar-refractivity contribution in [3.05, 3.63) is 46.2 Å². The number of aryl methyl sites for hydroxylation is 2. The third kappa shape index (κ3) is 2.99. The third-order valence-electron chi connectivity index (χ3n) is 3.21. The van der Waals surface area contributed by atoms with Gasteiger partial charge in [-0.2, -0.15) is 5.10 Å². The van der Waals surface area contributed by atoms with E-state index in [4.69, 9.17) is 11.6 Å². The highest BCUT2D eigenvalue weighted by molar-refractivity contribution is 6.31. The third-order valence-corrected chi connectivity index (χ3v) is 3.56. The first-order valence-electron chi connectivity index (χ1n) is 6.70. The molecule has 0 atom stereocenters. The maximum Gasteiger partial charge on any atom is 0.0663 e. The molecule has 0 aliphatic carbocycles. The molecule has 0 bridgehead atoms. The molecular weight excluding hydrogens is 258 g/mol. The van der Waals surface area contributed by atoms with Gasteiger partial charge in [0.2, 0.25) is 0 Å². The predicted octanol–water partition coefficient (Wildman–Crippen LogP) is 3.37. The number of rotatable bonds is 5. The van der Waals surface area contributed by atoms with E-state index in [1.165, 1.54) is 5.69 Å². The number of halogens is 1. The van der Waals surface area contributed by atoms with Crippen LogP contribution in [0.2, 0.25) is 5.02 Å². The summed E-state index contributed by atoms with van der Waals surface area (Å²) < 4.78 is 1.99. The Morgan fingerprint density at radius 3 is 2.58 bits per heavy atom. The van der Waals surface area contributed by atoms with Crippen molar-refractivity contribution in [1.29, 1.82) is 0 Å². The van der Waals surface area contributed by atoms with Gasteiger partial charge in [-0.15, -0.1) is 0 Å². The Balaban J connectivity index is 2.41. The van der Waals surface area contributed by atoms with E-state index in [1.54, 1.807) is 0 Å². The van der Waals surface area contributed by atoms with Gasteiger partial charge in [0.1, 0.15) is 0 Å². The first-order valence-corrected chi connectivity index (χ1v) is 7.08. The van der Waals surface area contributed by atoms with Crippen LogP contribution >= 0.6 is 11.6 Å². The van der Waals surface area contributed by atoms with Gasteiger partial charge >= 0.3 is 0 Å². The van der Waals surface area contributed by atoms with E-state index in [-0.39, 0.29) is 0 Å². The average Bonchev–Trinajstić information content (AvgIpc) is 2.84. The van der Waals surface area contributed by atoms with Crippen molar-refractivity contribution < 1.29 is 0 Å². The molecule has 0 unspecified atom stereocenters. The molecule has 0 aliphatic heterocycles. The zero-order valence-corrected chi connectivity index (χ0v) is 12.5. The Kier molecular flexibility index (Phi) is 4.61. The molecule has 2 rings (SSSR count). The highest BCUT2D eigenvalue weighted by Gasteiger charge is 2.09. The van der Waals surface area contributed by atoms with Gasteiger partial charge in [-0.05, 0) is 43.7 Å². The summed E-state index contributed by atoms with van der Waals surface area (Å²) in [5.74, 6) is 0. The Morgan fingerprint density at radius 1 is 1.21 bits per heavy atom. The summed E-state index contributed by atoms with van der Waals surface area (Å²) in [5.41, 5.74) is 4.47. The number of nitrogens with one attached hydrogen (secondary N) is 1. The minimum atomic E-state index is 0.777. The van der Waals surface area contributed by atoms with Gasteiger partial charge in [0.15, 0.2) is 0 Å². The van der Waals surface area contributed by atoms with Gasteiger partial charge in [0.05, 0.1) is 11.4 Å².